The summed E-state index contributed by atoms with van der Waals surface area (Å²) in [6, 6.07) is 13.5. The van der Waals surface area contributed by atoms with Gasteiger partial charge in [0.25, 0.3) is 0 Å². The van der Waals surface area contributed by atoms with Gasteiger partial charge in [-0.3, -0.25) is 9.78 Å². The van der Waals surface area contributed by atoms with Crippen molar-refractivity contribution in [2.45, 2.75) is 6.42 Å². The fraction of sp³-hybridized carbons (Fsp3) is 0.0500. The second kappa shape index (κ2) is 8.11. The van der Waals surface area contributed by atoms with Crippen LogP contribution in [0.4, 0.5) is 16.5 Å². The molecule has 0 aliphatic rings. The van der Waals surface area contributed by atoms with Gasteiger partial charge in [0, 0.05) is 22.8 Å². The molecule has 7 heteroatoms. The molecule has 0 fully saturated rings. The van der Waals surface area contributed by atoms with E-state index in [1.807, 2.05) is 58.6 Å². The zero-order valence-electron chi connectivity index (χ0n) is 14.3. The number of hydrogen-bond acceptors (Lipinski definition) is 6. The molecular weight excluding hydrogens is 376 g/mol. The van der Waals surface area contributed by atoms with Gasteiger partial charge in [-0.15, -0.1) is 11.3 Å². The summed E-state index contributed by atoms with van der Waals surface area (Å²) in [6.07, 6.45) is 3.88. The summed E-state index contributed by atoms with van der Waals surface area (Å²) in [5, 5.41) is 12.9. The second-order valence-corrected chi connectivity index (χ2v) is 7.48. The number of carbonyl (C=O) groups is 1. The maximum atomic E-state index is 12.1. The summed E-state index contributed by atoms with van der Waals surface area (Å²) >= 11 is 3.13. The third-order valence-corrected chi connectivity index (χ3v) is 5.32. The number of anilines is 3. The molecule has 0 saturated heterocycles. The molecule has 0 spiro atoms. The fourth-order valence-electron chi connectivity index (χ4n) is 2.53. The van der Waals surface area contributed by atoms with E-state index in [1.165, 1.54) is 11.3 Å². The van der Waals surface area contributed by atoms with Gasteiger partial charge in [0.15, 0.2) is 5.13 Å². The summed E-state index contributed by atoms with van der Waals surface area (Å²) in [5.74, 6) is -0.0160. The van der Waals surface area contributed by atoms with Crippen LogP contribution in [0.25, 0.3) is 11.3 Å². The van der Waals surface area contributed by atoms with Gasteiger partial charge in [-0.05, 0) is 46.7 Å². The first kappa shape index (κ1) is 17.4. The number of thiophene rings is 1. The van der Waals surface area contributed by atoms with E-state index < -0.39 is 0 Å². The molecule has 3 aromatic heterocycles. The van der Waals surface area contributed by atoms with Crippen LogP contribution in [-0.4, -0.2) is 15.9 Å². The Balaban J connectivity index is 1.39. The van der Waals surface area contributed by atoms with Gasteiger partial charge in [0.05, 0.1) is 24.0 Å². The van der Waals surface area contributed by atoms with E-state index in [0.29, 0.717) is 6.42 Å². The van der Waals surface area contributed by atoms with E-state index in [0.717, 1.165) is 33.3 Å². The Hall–Kier alpha value is -3.03. The van der Waals surface area contributed by atoms with Gasteiger partial charge >= 0.3 is 0 Å². The second-order valence-electron chi connectivity index (χ2n) is 5.84. The van der Waals surface area contributed by atoms with Crippen LogP contribution >= 0.6 is 22.7 Å². The van der Waals surface area contributed by atoms with Gasteiger partial charge in [-0.1, -0.05) is 12.1 Å². The number of aromatic nitrogens is 2. The standard InChI is InChI=1S/C20H16N4OS2/c25-19(10-14-7-9-26-12-14)22-16-5-3-15(4-6-16)18-13-27-20(24-18)23-17-2-1-8-21-11-17/h1-9,11-13H,10H2,(H,22,25)(H,23,24). The van der Waals surface area contributed by atoms with Gasteiger partial charge < -0.3 is 10.6 Å². The molecule has 3 heterocycles. The lowest BCUT2D eigenvalue weighted by Gasteiger charge is -2.05. The molecule has 0 unspecified atom stereocenters. The summed E-state index contributed by atoms with van der Waals surface area (Å²) < 4.78 is 0. The molecule has 0 saturated carbocycles. The predicted octanol–water partition coefficient (Wildman–Crippen LogP) is 5.19. The number of benzene rings is 1. The highest BCUT2D eigenvalue weighted by atomic mass is 32.1. The van der Waals surface area contributed by atoms with E-state index in [4.69, 9.17) is 0 Å². The molecule has 0 atom stereocenters. The van der Waals surface area contributed by atoms with Crippen LogP contribution in [0.5, 0.6) is 0 Å². The van der Waals surface area contributed by atoms with E-state index in [1.54, 1.807) is 23.7 Å². The molecular formula is C20H16N4OS2. The molecule has 1 aromatic carbocycles. The first-order chi connectivity index (χ1) is 13.3. The zero-order chi connectivity index (χ0) is 18.5. The molecule has 0 aliphatic heterocycles. The number of pyridine rings is 1. The van der Waals surface area contributed by atoms with Crippen molar-refractivity contribution < 1.29 is 4.79 Å². The Kier molecular flexibility index (Phi) is 5.22. The van der Waals surface area contributed by atoms with Crippen LogP contribution in [0.2, 0.25) is 0 Å². The number of hydrogen-bond donors (Lipinski definition) is 2. The fourth-order valence-corrected chi connectivity index (χ4v) is 3.94. The lowest BCUT2D eigenvalue weighted by molar-refractivity contribution is -0.115. The Morgan fingerprint density at radius 2 is 1.93 bits per heavy atom. The van der Waals surface area contributed by atoms with E-state index in [9.17, 15) is 4.79 Å². The summed E-state index contributed by atoms with van der Waals surface area (Å²) in [6.45, 7) is 0. The zero-order valence-corrected chi connectivity index (χ0v) is 15.9. The normalized spacial score (nSPS) is 10.5. The highest BCUT2D eigenvalue weighted by Crippen LogP contribution is 2.27. The van der Waals surface area contributed by atoms with Crippen LogP contribution in [0.15, 0.2) is 71.0 Å². The highest BCUT2D eigenvalue weighted by Gasteiger charge is 2.07. The summed E-state index contributed by atoms with van der Waals surface area (Å²) in [7, 11) is 0. The maximum Gasteiger partial charge on any atom is 0.228 e. The van der Waals surface area contributed by atoms with Crippen LogP contribution in [0, 0.1) is 0 Å². The number of thiazole rings is 1. The molecule has 0 radical (unpaired) electrons. The van der Waals surface area contributed by atoms with Crippen molar-refractivity contribution in [3.05, 3.63) is 76.6 Å². The molecule has 0 bridgehead atoms. The lowest BCUT2D eigenvalue weighted by Crippen LogP contribution is -2.13. The van der Waals surface area contributed by atoms with E-state index in [2.05, 4.69) is 20.6 Å². The summed E-state index contributed by atoms with van der Waals surface area (Å²) in [5.41, 5.74) is 4.61. The van der Waals surface area contributed by atoms with Crippen molar-refractivity contribution >= 4 is 45.1 Å². The van der Waals surface area contributed by atoms with E-state index in [-0.39, 0.29) is 5.91 Å². The molecule has 5 nitrogen and oxygen atoms in total. The predicted molar refractivity (Wildman–Crippen MR) is 112 cm³/mol. The first-order valence-electron chi connectivity index (χ1n) is 8.30. The highest BCUT2D eigenvalue weighted by molar-refractivity contribution is 7.14. The van der Waals surface area contributed by atoms with Gasteiger partial charge in [0.1, 0.15) is 0 Å². The minimum absolute atomic E-state index is 0.0160. The smallest absolute Gasteiger partial charge is 0.228 e. The summed E-state index contributed by atoms with van der Waals surface area (Å²) in [4.78, 5) is 20.8. The van der Waals surface area contributed by atoms with Crippen LogP contribution in [0.1, 0.15) is 5.56 Å². The van der Waals surface area contributed by atoms with Gasteiger partial charge in [-0.25, -0.2) is 4.98 Å². The Labute approximate surface area is 164 Å². The minimum Gasteiger partial charge on any atom is -0.330 e. The Morgan fingerprint density at radius 3 is 2.67 bits per heavy atom. The first-order valence-corrected chi connectivity index (χ1v) is 10.1. The molecule has 134 valence electrons. The molecule has 4 rings (SSSR count). The quantitative estimate of drug-likeness (QED) is 0.474. The number of amides is 1. The van der Waals surface area contributed by atoms with Gasteiger partial charge in [-0.2, -0.15) is 11.3 Å². The Morgan fingerprint density at radius 1 is 1.04 bits per heavy atom. The molecule has 2 N–H and O–H groups in total. The maximum absolute atomic E-state index is 12.1. The van der Waals surface area contributed by atoms with Gasteiger partial charge in [0.2, 0.25) is 5.91 Å². The lowest BCUT2D eigenvalue weighted by atomic mass is 10.1. The van der Waals surface area contributed by atoms with Crippen molar-refractivity contribution in [2.24, 2.45) is 0 Å². The van der Waals surface area contributed by atoms with Crippen LogP contribution in [-0.2, 0) is 11.2 Å². The number of carbonyl (C=O) groups excluding carboxylic acids is 1. The van der Waals surface area contributed by atoms with Crippen molar-refractivity contribution in [3.8, 4) is 11.3 Å². The average Bonchev–Trinajstić information content (AvgIpc) is 3.35. The third kappa shape index (κ3) is 4.58. The van der Waals surface area contributed by atoms with Crippen molar-refractivity contribution in [2.75, 3.05) is 10.6 Å². The molecule has 1 amide bonds. The SMILES string of the molecule is O=C(Cc1ccsc1)Nc1ccc(-c2csc(Nc3cccnc3)n2)cc1. The number of rotatable bonds is 6. The molecule has 4 aromatic rings. The largest absolute Gasteiger partial charge is 0.330 e. The van der Waals surface area contributed by atoms with E-state index >= 15 is 0 Å². The minimum atomic E-state index is -0.0160. The average molecular weight is 393 g/mol. The van der Waals surface area contributed by atoms with Crippen molar-refractivity contribution in [1.29, 1.82) is 0 Å². The topological polar surface area (TPSA) is 66.9 Å². The Bertz CT molecular complexity index is 1010. The molecule has 27 heavy (non-hydrogen) atoms. The van der Waals surface area contributed by atoms with Crippen LogP contribution in [0.3, 0.4) is 0 Å². The molecule has 0 aliphatic carbocycles. The van der Waals surface area contributed by atoms with Crippen molar-refractivity contribution in [3.63, 3.8) is 0 Å². The van der Waals surface area contributed by atoms with Crippen molar-refractivity contribution in [1.82, 2.24) is 9.97 Å². The monoisotopic (exact) mass is 392 g/mol. The van der Waals surface area contributed by atoms with Crippen LogP contribution < -0.4 is 10.6 Å². The number of nitrogens with zero attached hydrogens (tertiary/aromatic N) is 2. The third-order valence-electron chi connectivity index (χ3n) is 3.83. The number of nitrogens with one attached hydrogen (secondary N) is 2.